The molecule has 2 atom stereocenters. The molecule has 3 heteroatoms. The fourth-order valence-electron chi connectivity index (χ4n) is 2.20. The zero-order valence-corrected chi connectivity index (χ0v) is 9.47. The molecule has 1 aromatic rings. The van der Waals surface area contributed by atoms with Crippen LogP contribution >= 0.6 is 0 Å². The molecule has 0 radical (unpaired) electrons. The van der Waals surface area contributed by atoms with Gasteiger partial charge in [-0.15, -0.1) is 0 Å². The summed E-state index contributed by atoms with van der Waals surface area (Å²) in [6.07, 6.45) is 2.78. The van der Waals surface area contributed by atoms with Crippen molar-refractivity contribution in [1.82, 2.24) is 5.32 Å². The summed E-state index contributed by atoms with van der Waals surface area (Å²) in [6.45, 7) is 3.17. The van der Waals surface area contributed by atoms with Crippen molar-refractivity contribution in [3.8, 4) is 0 Å². The van der Waals surface area contributed by atoms with E-state index in [9.17, 15) is 8.78 Å². The number of benzene rings is 1. The van der Waals surface area contributed by atoms with Gasteiger partial charge < -0.3 is 5.32 Å². The fraction of sp³-hybridized carbons (Fsp3) is 0.538. The molecule has 1 N–H and O–H groups in total. The minimum absolute atomic E-state index is 0.285. The van der Waals surface area contributed by atoms with Gasteiger partial charge in [-0.05, 0) is 43.4 Å². The van der Waals surface area contributed by atoms with Gasteiger partial charge in [0.2, 0.25) is 0 Å². The van der Waals surface area contributed by atoms with Gasteiger partial charge in [-0.25, -0.2) is 8.78 Å². The topological polar surface area (TPSA) is 12.0 Å². The van der Waals surface area contributed by atoms with Crippen LogP contribution in [0.25, 0.3) is 0 Å². The van der Waals surface area contributed by atoms with Crippen LogP contribution in [0.1, 0.15) is 25.3 Å². The highest BCUT2D eigenvalue weighted by atomic mass is 19.2. The van der Waals surface area contributed by atoms with Crippen LogP contribution in [0.4, 0.5) is 8.78 Å². The van der Waals surface area contributed by atoms with Crippen LogP contribution in [0.2, 0.25) is 0 Å². The van der Waals surface area contributed by atoms with Crippen molar-refractivity contribution in [2.24, 2.45) is 5.92 Å². The molecule has 0 saturated carbocycles. The first-order valence-corrected chi connectivity index (χ1v) is 5.83. The number of rotatable bonds is 2. The molecule has 1 aliphatic rings. The van der Waals surface area contributed by atoms with Crippen molar-refractivity contribution in [2.45, 2.75) is 32.2 Å². The maximum atomic E-state index is 13.4. The zero-order valence-electron chi connectivity index (χ0n) is 9.47. The zero-order chi connectivity index (χ0) is 11.5. The average molecular weight is 225 g/mol. The monoisotopic (exact) mass is 225 g/mol. The van der Waals surface area contributed by atoms with E-state index in [1.165, 1.54) is 0 Å². The predicted molar refractivity (Wildman–Crippen MR) is 60.3 cm³/mol. The molecular formula is C13H17F2N. The van der Waals surface area contributed by atoms with E-state index < -0.39 is 11.6 Å². The third-order valence-electron chi connectivity index (χ3n) is 3.26. The molecule has 0 aromatic heterocycles. The normalized spacial score (nSPS) is 25.7. The van der Waals surface area contributed by atoms with Gasteiger partial charge in [0, 0.05) is 6.04 Å². The smallest absolute Gasteiger partial charge is 0.162 e. The Balaban J connectivity index is 2.01. The molecule has 1 heterocycles. The molecule has 16 heavy (non-hydrogen) atoms. The molecular weight excluding hydrogens is 208 g/mol. The first-order chi connectivity index (χ1) is 7.66. The Hall–Kier alpha value is -0.960. The molecule has 1 nitrogen and oxygen atoms in total. The first-order valence-electron chi connectivity index (χ1n) is 5.83. The minimum atomic E-state index is -0.748. The number of hydrogen-bond acceptors (Lipinski definition) is 1. The maximum Gasteiger partial charge on any atom is 0.162 e. The third kappa shape index (κ3) is 2.59. The predicted octanol–water partition coefficient (Wildman–Crippen LogP) is 2.90. The molecule has 88 valence electrons. The van der Waals surface area contributed by atoms with Crippen molar-refractivity contribution < 1.29 is 8.78 Å². The van der Waals surface area contributed by atoms with E-state index in [0.29, 0.717) is 17.9 Å². The van der Waals surface area contributed by atoms with Gasteiger partial charge in [0.15, 0.2) is 11.6 Å². The van der Waals surface area contributed by atoms with Gasteiger partial charge in [-0.1, -0.05) is 19.1 Å². The standard InChI is InChI=1S/C13H17F2N/c1-9-5-6-11(16-8-9)7-10-3-2-4-12(14)13(10)15/h2-4,9,11,16H,5-8H2,1H3. The van der Waals surface area contributed by atoms with E-state index in [4.69, 9.17) is 0 Å². The van der Waals surface area contributed by atoms with E-state index in [0.717, 1.165) is 25.5 Å². The van der Waals surface area contributed by atoms with Gasteiger partial charge >= 0.3 is 0 Å². The Morgan fingerprint density at radius 1 is 1.31 bits per heavy atom. The lowest BCUT2D eigenvalue weighted by molar-refractivity contribution is 0.323. The summed E-state index contributed by atoms with van der Waals surface area (Å²) >= 11 is 0. The Morgan fingerprint density at radius 3 is 2.81 bits per heavy atom. The van der Waals surface area contributed by atoms with Crippen molar-refractivity contribution in [3.05, 3.63) is 35.4 Å². The van der Waals surface area contributed by atoms with Gasteiger partial charge in [0.05, 0.1) is 0 Å². The van der Waals surface area contributed by atoms with E-state index in [1.807, 2.05) is 0 Å². The summed E-state index contributed by atoms with van der Waals surface area (Å²) in [4.78, 5) is 0. The lowest BCUT2D eigenvalue weighted by Gasteiger charge is -2.27. The van der Waals surface area contributed by atoms with Gasteiger partial charge in [-0.3, -0.25) is 0 Å². The van der Waals surface area contributed by atoms with E-state index in [2.05, 4.69) is 12.2 Å². The SMILES string of the molecule is CC1CCC(Cc2cccc(F)c2F)NC1. The summed E-state index contributed by atoms with van der Waals surface area (Å²) in [6, 6.07) is 4.68. The van der Waals surface area contributed by atoms with Crippen LogP contribution in [0, 0.1) is 17.6 Å². The van der Waals surface area contributed by atoms with Crippen LogP contribution in [0.5, 0.6) is 0 Å². The lowest BCUT2D eigenvalue weighted by atomic mass is 9.92. The molecule has 1 aromatic carbocycles. The molecule has 0 amide bonds. The molecule has 2 unspecified atom stereocenters. The highest BCUT2D eigenvalue weighted by Gasteiger charge is 2.19. The highest BCUT2D eigenvalue weighted by molar-refractivity contribution is 5.20. The van der Waals surface area contributed by atoms with E-state index >= 15 is 0 Å². The van der Waals surface area contributed by atoms with Crippen molar-refractivity contribution in [1.29, 1.82) is 0 Å². The second-order valence-electron chi connectivity index (χ2n) is 4.70. The van der Waals surface area contributed by atoms with Crippen molar-refractivity contribution in [2.75, 3.05) is 6.54 Å². The largest absolute Gasteiger partial charge is 0.313 e. The molecule has 1 aliphatic heterocycles. The van der Waals surface area contributed by atoms with Crippen molar-refractivity contribution in [3.63, 3.8) is 0 Å². The summed E-state index contributed by atoms with van der Waals surface area (Å²) in [7, 11) is 0. The van der Waals surface area contributed by atoms with Crippen molar-refractivity contribution >= 4 is 0 Å². The second kappa shape index (κ2) is 4.91. The minimum Gasteiger partial charge on any atom is -0.313 e. The summed E-state index contributed by atoms with van der Waals surface area (Å²) < 4.78 is 26.4. The summed E-state index contributed by atoms with van der Waals surface area (Å²) in [5, 5.41) is 3.37. The number of piperidine rings is 1. The maximum absolute atomic E-state index is 13.4. The Kier molecular flexibility index (Phi) is 3.54. The van der Waals surface area contributed by atoms with E-state index in [-0.39, 0.29) is 6.04 Å². The lowest BCUT2D eigenvalue weighted by Crippen LogP contribution is -2.39. The fourth-order valence-corrected chi connectivity index (χ4v) is 2.20. The molecule has 0 aliphatic carbocycles. The van der Waals surface area contributed by atoms with Gasteiger partial charge in [0.1, 0.15) is 0 Å². The number of halogens is 2. The molecule has 0 bridgehead atoms. The van der Waals surface area contributed by atoms with Crippen LogP contribution in [-0.4, -0.2) is 12.6 Å². The van der Waals surface area contributed by atoms with Crippen LogP contribution in [0.3, 0.4) is 0 Å². The molecule has 2 rings (SSSR count). The quantitative estimate of drug-likeness (QED) is 0.816. The van der Waals surface area contributed by atoms with Crippen LogP contribution < -0.4 is 5.32 Å². The Bertz CT molecular complexity index is 357. The number of nitrogens with one attached hydrogen (secondary N) is 1. The third-order valence-corrected chi connectivity index (χ3v) is 3.26. The van der Waals surface area contributed by atoms with Gasteiger partial charge in [0.25, 0.3) is 0 Å². The number of hydrogen-bond donors (Lipinski definition) is 1. The molecule has 1 fully saturated rings. The average Bonchev–Trinajstić information content (AvgIpc) is 2.28. The highest BCUT2D eigenvalue weighted by Crippen LogP contribution is 2.19. The first kappa shape index (κ1) is 11.5. The summed E-state index contributed by atoms with van der Waals surface area (Å²) in [5.74, 6) is -0.752. The van der Waals surface area contributed by atoms with Crippen LogP contribution in [0.15, 0.2) is 18.2 Å². The van der Waals surface area contributed by atoms with Crippen LogP contribution in [-0.2, 0) is 6.42 Å². The Morgan fingerprint density at radius 2 is 2.12 bits per heavy atom. The summed E-state index contributed by atoms with van der Waals surface area (Å²) in [5.41, 5.74) is 0.479. The molecule has 0 spiro atoms. The Labute approximate surface area is 94.9 Å². The molecule has 1 saturated heterocycles. The van der Waals surface area contributed by atoms with E-state index in [1.54, 1.807) is 12.1 Å². The second-order valence-corrected chi connectivity index (χ2v) is 4.70. The van der Waals surface area contributed by atoms with Gasteiger partial charge in [-0.2, -0.15) is 0 Å².